The van der Waals surface area contributed by atoms with Crippen LogP contribution in [0.25, 0.3) is 0 Å². The van der Waals surface area contributed by atoms with Crippen molar-refractivity contribution < 1.29 is 28.5 Å². The molecule has 8 heteroatoms. The molecular weight excluding hydrogens is 410 g/mol. The van der Waals surface area contributed by atoms with E-state index in [0.717, 1.165) is 0 Å². The number of cyclic esters (lactones) is 1. The maximum Gasteiger partial charge on any atom is 0.336 e. The van der Waals surface area contributed by atoms with Gasteiger partial charge < -0.3 is 18.9 Å². The third-order valence-corrected chi connectivity index (χ3v) is 5.57. The zero-order valence-electron chi connectivity index (χ0n) is 16.7. The van der Waals surface area contributed by atoms with Gasteiger partial charge in [0.25, 0.3) is 0 Å². The van der Waals surface area contributed by atoms with Crippen molar-refractivity contribution in [1.29, 1.82) is 0 Å². The Balaban J connectivity index is 1.86. The smallest absolute Gasteiger partial charge is 0.336 e. The van der Waals surface area contributed by atoms with Crippen molar-refractivity contribution in [3.63, 3.8) is 0 Å². The number of amides is 1. The molecule has 2 aromatic rings. The quantitative estimate of drug-likeness (QED) is 0.675. The second-order valence-electron chi connectivity index (χ2n) is 6.85. The van der Waals surface area contributed by atoms with E-state index in [1.807, 2.05) is 0 Å². The maximum atomic E-state index is 13.2. The minimum Gasteiger partial charge on any atom is -0.496 e. The van der Waals surface area contributed by atoms with Crippen LogP contribution in [0.1, 0.15) is 17.9 Å². The van der Waals surface area contributed by atoms with Gasteiger partial charge in [-0.05, 0) is 30.3 Å². The molecule has 0 fully saturated rings. The molecule has 7 nitrogen and oxygen atoms in total. The normalized spacial score (nSPS) is 18.3. The van der Waals surface area contributed by atoms with Gasteiger partial charge in [0.2, 0.25) is 5.91 Å². The molecule has 0 saturated heterocycles. The number of hydrogen-bond donors (Lipinski definition) is 0. The average molecular weight is 430 g/mol. The Kier molecular flexibility index (Phi) is 5.30. The molecule has 156 valence electrons. The summed E-state index contributed by atoms with van der Waals surface area (Å²) in [5.41, 5.74) is 2.26. The van der Waals surface area contributed by atoms with Crippen LogP contribution in [0.4, 0.5) is 5.69 Å². The molecule has 2 heterocycles. The lowest BCUT2D eigenvalue weighted by Crippen LogP contribution is -2.37. The number of anilines is 1. The Bertz CT molecular complexity index is 1050. The van der Waals surface area contributed by atoms with Crippen molar-refractivity contribution >= 4 is 29.2 Å². The SMILES string of the molecule is COc1cc(OC)c([C@H]2CC(=O)N(c3ccc(Cl)cc3)C3=C2C(=O)OC3)cc1OC. The minimum absolute atomic E-state index is 0.0225. The summed E-state index contributed by atoms with van der Waals surface area (Å²) in [5.74, 6) is 0.341. The van der Waals surface area contributed by atoms with Crippen molar-refractivity contribution in [1.82, 2.24) is 0 Å². The molecule has 0 saturated carbocycles. The van der Waals surface area contributed by atoms with Gasteiger partial charge in [0.15, 0.2) is 11.5 Å². The summed E-state index contributed by atoms with van der Waals surface area (Å²) in [6.45, 7) is 0.0225. The first-order chi connectivity index (χ1) is 14.5. The van der Waals surface area contributed by atoms with E-state index in [2.05, 4.69) is 0 Å². The highest BCUT2D eigenvalue weighted by Crippen LogP contribution is 2.47. The predicted octanol–water partition coefficient (Wildman–Crippen LogP) is 3.70. The molecule has 0 spiro atoms. The maximum absolute atomic E-state index is 13.2. The van der Waals surface area contributed by atoms with Crippen LogP contribution in [0.15, 0.2) is 47.7 Å². The number of methoxy groups -OCH3 is 3. The van der Waals surface area contributed by atoms with Gasteiger partial charge in [0.1, 0.15) is 12.4 Å². The first-order valence-corrected chi connectivity index (χ1v) is 9.64. The highest BCUT2D eigenvalue weighted by Gasteiger charge is 2.44. The summed E-state index contributed by atoms with van der Waals surface area (Å²) >= 11 is 5.98. The standard InChI is InChI=1S/C22H20ClNO6/c1-27-17-10-19(29-3)18(28-2)8-14(17)15-9-20(25)24(13-6-4-12(23)5-7-13)16-11-30-22(26)21(15)16/h4-8,10,15H,9,11H2,1-3H3/t15-/m1/s1. The highest BCUT2D eigenvalue weighted by molar-refractivity contribution is 6.30. The molecule has 0 N–H and O–H groups in total. The van der Waals surface area contributed by atoms with Gasteiger partial charge in [-0.2, -0.15) is 0 Å². The molecule has 2 aliphatic heterocycles. The fourth-order valence-electron chi connectivity index (χ4n) is 3.93. The number of carbonyl (C=O) groups excluding carboxylic acids is 2. The summed E-state index contributed by atoms with van der Waals surface area (Å²) in [6, 6.07) is 10.3. The zero-order chi connectivity index (χ0) is 21.4. The Morgan fingerprint density at radius 1 is 0.967 bits per heavy atom. The van der Waals surface area contributed by atoms with Crippen molar-refractivity contribution in [2.75, 3.05) is 32.8 Å². The number of halogens is 1. The lowest BCUT2D eigenvalue weighted by atomic mass is 9.83. The number of carbonyl (C=O) groups is 2. The Hall–Kier alpha value is -3.19. The number of nitrogens with zero attached hydrogens (tertiary/aromatic N) is 1. The molecule has 0 radical (unpaired) electrons. The average Bonchev–Trinajstić information content (AvgIpc) is 3.14. The molecule has 0 unspecified atom stereocenters. The second-order valence-corrected chi connectivity index (χ2v) is 7.28. The largest absolute Gasteiger partial charge is 0.496 e. The monoisotopic (exact) mass is 429 g/mol. The third kappa shape index (κ3) is 3.25. The lowest BCUT2D eigenvalue weighted by Gasteiger charge is -2.32. The molecule has 4 rings (SSSR count). The summed E-state index contributed by atoms with van der Waals surface area (Å²) in [6.07, 6.45) is 0.0718. The van der Waals surface area contributed by atoms with Crippen LogP contribution >= 0.6 is 11.6 Å². The lowest BCUT2D eigenvalue weighted by molar-refractivity contribution is -0.136. The van der Waals surface area contributed by atoms with Crippen LogP contribution in [-0.2, 0) is 14.3 Å². The van der Waals surface area contributed by atoms with E-state index in [1.165, 1.54) is 26.2 Å². The van der Waals surface area contributed by atoms with E-state index in [-0.39, 0.29) is 18.9 Å². The number of benzene rings is 2. The van der Waals surface area contributed by atoms with Gasteiger partial charge in [-0.15, -0.1) is 0 Å². The third-order valence-electron chi connectivity index (χ3n) is 5.31. The van der Waals surface area contributed by atoms with Gasteiger partial charge in [-0.1, -0.05) is 11.6 Å². The van der Waals surface area contributed by atoms with E-state index >= 15 is 0 Å². The topological polar surface area (TPSA) is 74.3 Å². The molecular formula is C22H20ClNO6. The number of hydrogen-bond acceptors (Lipinski definition) is 6. The predicted molar refractivity (Wildman–Crippen MR) is 110 cm³/mol. The van der Waals surface area contributed by atoms with Crippen LogP contribution < -0.4 is 19.1 Å². The summed E-state index contributed by atoms with van der Waals surface area (Å²) < 4.78 is 21.6. The molecule has 1 amide bonds. The van der Waals surface area contributed by atoms with E-state index < -0.39 is 11.9 Å². The van der Waals surface area contributed by atoms with Gasteiger partial charge in [-0.3, -0.25) is 9.69 Å². The molecule has 0 aliphatic carbocycles. The Labute approximate surface area is 178 Å². The fraction of sp³-hybridized carbons (Fsp3) is 0.273. The van der Waals surface area contributed by atoms with E-state index in [9.17, 15) is 9.59 Å². The fourth-order valence-corrected chi connectivity index (χ4v) is 4.06. The number of ether oxygens (including phenoxy) is 4. The highest BCUT2D eigenvalue weighted by atomic mass is 35.5. The van der Waals surface area contributed by atoms with Gasteiger partial charge in [0.05, 0.1) is 32.6 Å². The molecule has 30 heavy (non-hydrogen) atoms. The first kappa shape index (κ1) is 20.1. The Morgan fingerprint density at radius 3 is 2.23 bits per heavy atom. The van der Waals surface area contributed by atoms with Crippen molar-refractivity contribution in [3.05, 3.63) is 58.3 Å². The van der Waals surface area contributed by atoms with Crippen LogP contribution in [-0.4, -0.2) is 39.8 Å². The van der Waals surface area contributed by atoms with E-state index in [0.29, 0.717) is 44.8 Å². The van der Waals surface area contributed by atoms with Gasteiger partial charge in [-0.25, -0.2) is 4.79 Å². The van der Waals surface area contributed by atoms with Crippen LogP contribution in [0, 0.1) is 0 Å². The second kappa shape index (κ2) is 7.91. The van der Waals surface area contributed by atoms with Crippen molar-refractivity contribution in [2.45, 2.75) is 12.3 Å². The molecule has 0 bridgehead atoms. The van der Waals surface area contributed by atoms with Crippen LogP contribution in [0.3, 0.4) is 0 Å². The van der Waals surface area contributed by atoms with Crippen molar-refractivity contribution in [3.8, 4) is 17.2 Å². The van der Waals surface area contributed by atoms with Gasteiger partial charge in [0, 0.05) is 34.7 Å². The van der Waals surface area contributed by atoms with E-state index in [4.69, 9.17) is 30.5 Å². The summed E-state index contributed by atoms with van der Waals surface area (Å²) in [7, 11) is 4.58. The molecule has 0 aromatic heterocycles. The molecule has 1 atom stereocenters. The minimum atomic E-state index is -0.527. The summed E-state index contributed by atoms with van der Waals surface area (Å²) in [4.78, 5) is 27.4. The van der Waals surface area contributed by atoms with Crippen molar-refractivity contribution in [2.24, 2.45) is 0 Å². The van der Waals surface area contributed by atoms with Crippen LogP contribution in [0.2, 0.25) is 5.02 Å². The van der Waals surface area contributed by atoms with Crippen LogP contribution in [0.5, 0.6) is 17.2 Å². The molecule has 2 aromatic carbocycles. The molecule has 2 aliphatic rings. The number of rotatable bonds is 5. The Morgan fingerprint density at radius 2 is 1.60 bits per heavy atom. The first-order valence-electron chi connectivity index (χ1n) is 9.27. The van der Waals surface area contributed by atoms with Gasteiger partial charge >= 0.3 is 5.97 Å². The number of esters is 1. The van der Waals surface area contributed by atoms with E-state index in [1.54, 1.807) is 36.4 Å². The zero-order valence-corrected chi connectivity index (χ0v) is 17.5. The summed E-state index contributed by atoms with van der Waals surface area (Å²) in [5, 5.41) is 0.559.